The van der Waals surface area contributed by atoms with E-state index in [0.29, 0.717) is 11.1 Å². The maximum atomic E-state index is 6.17. The topological polar surface area (TPSA) is 9.23 Å². The maximum Gasteiger partial charge on any atom is 0.126 e. The minimum absolute atomic E-state index is 0.0142. The molecule has 0 N–H and O–H groups in total. The van der Waals surface area contributed by atoms with Gasteiger partial charge in [-0.2, -0.15) is 0 Å². The van der Waals surface area contributed by atoms with Crippen molar-refractivity contribution in [2.75, 3.05) is 7.11 Å². The average molecular weight is 581 g/mol. The Morgan fingerprint density at radius 2 is 1.21 bits per heavy atom. The van der Waals surface area contributed by atoms with E-state index in [4.69, 9.17) is 4.74 Å². The van der Waals surface area contributed by atoms with E-state index in [2.05, 4.69) is 114 Å². The Balaban J connectivity index is 1.78. The molecule has 0 amide bonds. The SMILES string of the molecule is COc1c(C(C)(C)C)cc(-c2cc3c(c4c2CCCC4)C=C(C)C3[Si](C)(C)C2C(C)=C(C)C(C)=C2C)cc1C(C)(C)C. The van der Waals surface area contributed by atoms with E-state index >= 15 is 0 Å². The van der Waals surface area contributed by atoms with Crippen LogP contribution in [0.3, 0.4) is 0 Å². The summed E-state index contributed by atoms with van der Waals surface area (Å²) in [5, 5.41) is 0. The molecule has 0 fully saturated rings. The Morgan fingerprint density at radius 1 is 0.714 bits per heavy atom. The zero-order valence-corrected chi connectivity index (χ0v) is 30.2. The fraction of sp³-hybridized carbons (Fsp3) is 0.550. The number of methoxy groups -OCH3 is 1. The van der Waals surface area contributed by atoms with Crippen LogP contribution in [0.15, 0.2) is 46.1 Å². The molecular weight excluding hydrogens is 525 g/mol. The van der Waals surface area contributed by atoms with Crippen LogP contribution in [-0.2, 0) is 23.7 Å². The van der Waals surface area contributed by atoms with E-state index in [1.165, 1.54) is 59.1 Å². The average Bonchev–Trinajstić information content (AvgIpc) is 3.35. The first-order valence-electron chi connectivity index (χ1n) is 16.4. The summed E-state index contributed by atoms with van der Waals surface area (Å²) in [6.45, 7) is 31.3. The van der Waals surface area contributed by atoms with Crippen LogP contribution >= 0.6 is 0 Å². The Labute approximate surface area is 258 Å². The van der Waals surface area contributed by atoms with Crippen LogP contribution in [0.25, 0.3) is 17.2 Å². The van der Waals surface area contributed by atoms with Crippen LogP contribution in [0.1, 0.15) is 128 Å². The van der Waals surface area contributed by atoms with Crippen molar-refractivity contribution in [2.24, 2.45) is 0 Å². The van der Waals surface area contributed by atoms with Crippen molar-refractivity contribution in [3.05, 3.63) is 79.4 Å². The molecule has 226 valence electrons. The fourth-order valence-electron chi connectivity index (χ4n) is 8.96. The molecule has 2 aromatic rings. The maximum absolute atomic E-state index is 6.17. The van der Waals surface area contributed by atoms with Gasteiger partial charge in [-0.15, -0.1) is 0 Å². The predicted molar refractivity (Wildman–Crippen MR) is 187 cm³/mol. The molecule has 0 heterocycles. The van der Waals surface area contributed by atoms with E-state index in [-0.39, 0.29) is 10.8 Å². The van der Waals surface area contributed by atoms with Crippen LogP contribution in [0.5, 0.6) is 5.75 Å². The van der Waals surface area contributed by atoms with Crippen molar-refractivity contribution in [2.45, 2.75) is 137 Å². The first kappa shape index (κ1) is 31.1. The van der Waals surface area contributed by atoms with Crippen LogP contribution in [0.2, 0.25) is 18.6 Å². The third kappa shape index (κ3) is 4.81. The van der Waals surface area contributed by atoms with Gasteiger partial charge in [0.05, 0.1) is 15.2 Å². The van der Waals surface area contributed by atoms with E-state index in [1.807, 2.05) is 7.11 Å². The lowest BCUT2D eigenvalue weighted by Crippen LogP contribution is -2.41. The minimum Gasteiger partial charge on any atom is -0.496 e. The molecule has 3 aliphatic rings. The summed E-state index contributed by atoms with van der Waals surface area (Å²) in [6, 6.07) is 7.61. The summed E-state index contributed by atoms with van der Waals surface area (Å²) in [6.07, 6.45) is 7.58. The molecule has 0 spiro atoms. The number of rotatable bonds is 4. The van der Waals surface area contributed by atoms with Crippen molar-refractivity contribution in [1.29, 1.82) is 0 Å². The first-order chi connectivity index (χ1) is 19.4. The lowest BCUT2D eigenvalue weighted by atomic mass is 9.76. The highest BCUT2D eigenvalue weighted by atomic mass is 28.3. The summed E-state index contributed by atoms with van der Waals surface area (Å²) in [4.78, 5) is 0. The van der Waals surface area contributed by atoms with Crippen molar-refractivity contribution in [3.63, 3.8) is 0 Å². The molecule has 0 aliphatic heterocycles. The van der Waals surface area contributed by atoms with Crippen LogP contribution in [0, 0.1) is 0 Å². The molecule has 1 atom stereocenters. The molecular formula is C40H56OSi. The van der Waals surface area contributed by atoms with E-state index in [9.17, 15) is 0 Å². The molecule has 42 heavy (non-hydrogen) atoms. The summed E-state index contributed by atoms with van der Waals surface area (Å²) in [5.74, 6) is 1.06. The number of fused-ring (bicyclic) bond motifs is 3. The smallest absolute Gasteiger partial charge is 0.126 e. The Bertz CT molecular complexity index is 1480. The second kappa shape index (κ2) is 10.4. The molecule has 0 saturated carbocycles. The normalized spacial score (nSPS) is 19.9. The Kier molecular flexibility index (Phi) is 7.70. The summed E-state index contributed by atoms with van der Waals surface area (Å²) in [7, 11) is 0.0182. The molecule has 1 nitrogen and oxygen atoms in total. The molecule has 5 rings (SSSR count). The molecule has 0 radical (unpaired) electrons. The van der Waals surface area contributed by atoms with E-state index in [1.54, 1.807) is 39.0 Å². The quantitative estimate of drug-likeness (QED) is 0.327. The highest BCUT2D eigenvalue weighted by Gasteiger charge is 2.47. The van der Waals surface area contributed by atoms with Gasteiger partial charge in [0.25, 0.3) is 0 Å². The molecule has 2 aromatic carbocycles. The fourth-order valence-corrected chi connectivity index (χ4v) is 14.3. The van der Waals surface area contributed by atoms with Crippen molar-refractivity contribution in [1.82, 2.24) is 0 Å². The summed E-state index contributed by atoms with van der Waals surface area (Å²) >= 11 is 0. The highest BCUT2D eigenvalue weighted by Crippen LogP contribution is 2.56. The molecule has 1 unspecified atom stereocenters. The molecule has 2 heteroatoms. The number of benzene rings is 2. The van der Waals surface area contributed by atoms with Gasteiger partial charge in [-0.25, -0.2) is 0 Å². The molecule has 0 saturated heterocycles. The third-order valence-corrected chi connectivity index (χ3v) is 15.8. The number of ether oxygens (including phenoxy) is 1. The van der Waals surface area contributed by atoms with Gasteiger partial charge in [0.15, 0.2) is 0 Å². The number of hydrogen-bond donors (Lipinski definition) is 0. The van der Waals surface area contributed by atoms with Crippen molar-refractivity contribution in [3.8, 4) is 16.9 Å². The zero-order valence-electron chi connectivity index (χ0n) is 29.2. The van der Waals surface area contributed by atoms with Crippen molar-refractivity contribution < 1.29 is 4.74 Å². The van der Waals surface area contributed by atoms with Gasteiger partial charge in [-0.05, 0) is 139 Å². The highest BCUT2D eigenvalue weighted by molar-refractivity contribution is 6.82. The molecule has 0 aromatic heterocycles. The Hall–Kier alpha value is -2.32. The largest absolute Gasteiger partial charge is 0.496 e. The second-order valence-electron chi connectivity index (χ2n) is 16.4. The zero-order chi connectivity index (χ0) is 31.1. The van der Waals surface area contributed by atoms with Gasteiger partial charge in [-0.1, -0.05) is 77.4 Å². The second-order valence-corrected chi connectivity index (χ2v) is 21.2. The number of allylic oxidation sites excluding steroid dienone is 5. The van der Waals surface area contributed by atoms with Gasteiger partial charge < -0.3 is 4.74 Å². The van der Waals surface area contributed by atoms with E-state index in [0.717, 1.165) is 5.75 Å². The van der Waals surface area contributed by atoms with Crippen LogP contribution < -0.4 is 4.74 Å². The third-order valence-electron chi connectivity index (χ3n) is 11.2. The summed E-state index contributed by atoms with van der Waals surface area (Å²) < 4.78 is 6.17. The lowest BCUT2D eigenvalue weighted by molar-refractivity contribution is 0.381. The van der Waals surface area contributed by atoms with Gasteiger partial charge in [0, 0.05) is 16.7 Å². The van der Waals surface area contributed by atoms with Crippen molar-refractivity contribution >= 4 is 14.1 Å². The monoisotopic (exact) mass is 580 g/mol. The lowest BCUT2D eigenvalue weighted by Gasteiger charge is -2.40. The molecule has 0 bridgehead atoms. The standard InChI is InChI=1S/C40H56OSi/c1-23-19-32-30-18-16-15-17-29(30)31(28-20-34(39(6,7)8)36(41-12)35(21-28)40(9,10)11)22-33(32)37(23)42(13,14)38-26(4)24(2)25(3)27(38)5/h19-22,37-38H,15-18H2,1-14H3. The molecule has 3 aliphatic carbocycles. The number of hydrogen-bond acceptors (Lipinski definition) is 1. The van der Waals surface area contributed by atoms with Gasteiger partial charge in [-0.3, -0.25) is 0 Å². The van der Waals surface area contributed by atoms with E-state index < -0.39 is 8.07 Å². The van der Waals surface area contributed by atoms with Crippen LogP contribution in [-0.4, -0.2) is 15.2 Å². The van der Waals surface area contributed by atoms with Gasteiger partial charge >= 0.3 is 0 Å². The van der Waals surface area contributed by atoms with Gasteiger partial charge in [0.2, 0.25) is 0 Å². The van der Waals surface area contributed by atoms with Gasteiger partial charge in [0.1, 0.15) is 5.75 Å². The Morgan fingerprint density at radius 3 is 1.69 bits per heavy atom. The predicted octanol–water partition coefficient (Wildman–Crippen LogP) is 11.6. The summed E-state index contributed by atoms with van der Waals surface area (Å²) in [5.41, 5.74) is 21.0. The van der Waals surface area contributed by atoms with Crippen LogP contribution in [0.4, 0.5) is 0 Å². The first-order valence-corrected chi connectivity index (χ1v) is 19.5. The minimum atomic E-state index is -1.83.